The van der Waals surface area contributed by atoms with Gasteiger partial charge in [0.05, 0.1) is 22.9 Å². The maximum Gasteiger partial charge on any atom is 0.233 e. The molecule has 27 heavy (non-hydrogen) atoms. The van der Waals surface area contributed by atoms with Crippen LogP contribution in [0.4, 0.5) is 4.39 Å². The Morgan fingerprint density at radius 1 is 1.19 bits per heavy atom. The summed E-state index contributed by atoms with van der Waals surface area (Å²) in [5.74, 6) is -1.72. The molecule has 1 saturated heterocycles. The quantitative estimate of drug-likeness (QED) is 0.587. The van der Waals surface area contributed by atoms with Gasteiger partial charge in [-0.25, -0.2) is 4.39 Å². The van der Waals surface area contributed by atoms with E-state index in [1.807, 2.05) is 0 Å². The molecule has 0 radical (unpaired) electrons. The molecule has 146 valence electrons. The van der Waals surface area contributed by atoms with Crippen molar-refractivity contribution in [3.63, 3.8) is 0 Å². The number of amides is 3. The van der Waals surface area contributed by atoms with Gasteiger partial charge in [-0.1, -0.05) is 36.0 Å². The maximum absolute atomic E-state index is 13.7. The summed E-state index contributed by atoms with van der Waals surface area (Å²) in [6, 6.07) is 1.94. The third-order valence-electron chi connectivity index (χ3n) is 5.38. The van der Waals surface area contributed by atoms with E-state index in [-0.39, 0.29) is 52.6 Å². The number of nitrogens with zero attached hydrogens (tertiary/aromatic N) is 1. The number of likely N-dealkylation sites (tertiary alicyclic amines) is 1. The van der Waals surface area contributed by atoms with Crippen LogP contribution in [0, 0.1) is 17.7 Å². The zero-order valence-corrected chi connectivity index (χ0v) is 16.4. The summed E-state index contributed by atoms with van der Waals surface area (Å²) in [7, 11) is 0. The lowest BCUT2D eigenvalue weighted by molar-refractivity contribution is -0.140. The van der Waals surface area contributed by atoms with Crippen LogP contribution in [0.25, 0.3) is 0 Å². The van der Waals surface area contributed by atoms with E-state index in [4.69, 9.17) is 23.2 Å². The molecule has 2 aliphatic rings. The van der Waals surface area contributed by atoms with Crippen molar-refractivity contribution in [1.82, 2.24) is 10.2 Å². The lowest BCUT2D eigenvalue weighted by Crippen LogP contribution is -2.36. The van der Waals surface area contributed by atoms with Gasteiger partial charge in [0, 0.05) is 18.0 Å². The van der Waals surface area contributed by atoms with Gasteiger partial charge >= 0.3 is 0 Å². The smallest absolute Gasteiger partial charge is 0.233 e. The minimum atomic E-state index is -0.618. The van der Waals surface area contributed by atoms with Crippen molar-refractivity contribution in [1.29, 1.82) is 0 Å². The van der Waals surface area contributed by atoms with Crippen LogP contribution in [0.5, 0.6) is 0 Å². The Hall–Kier alpha value is -1.66. The van der Waals surface area contributed by atoms with Crippen LogP contribution in [0.1, 0.15) is 50.6 Å². The number of carbonyl (C=O) groups is 3. The number of carbonyl (C=O) groups excluding carboxylic acids is 3. The van der Waals surface area contributed by atoms with Gasteiger partial charge in [0.2, 0.25) is 17.7 Å². The van der Waals surface area contributed by atoms with Crippen LogP contribution in [-0.4, -0.2) is 29.2 Å². The molecule has 1 N–H and O–H groups in total. The molecule has 3 atom stereocenters. The van der Waals surface area contributed by atoms with Crippen molar-refractivity contribution in [2.45, 2.75) is 45.1 Å². The van der Waals surface area contributed by atoms with Gasteiger partial charge in [0.1, 0.15) is 5.82 Å². The van der Waals surface area contributed by atoms with Crippen LogP contribution in [0.15, 0.2) is 12.1 Å². The van der Waals surface area contributed by atoms with E-state index >= 15 is 0 Å². The normalized spacial score (nSPS) is 23.3. The number of halogens is 3. The zero-order valence-electron chi connectivity index (χ0n) is 14.9. The Labute approximate surface area is 167 Å². The first-order valence-corrected chi connectivity index (χ1v) is 9.84. The van der Waals surface area contributed by atoms with Crippen molar-refractivity contribution >= 4 is 40.9 Å². The van der Waals surface area contributed by atoms with E-state index < -0.39 is 11.9 Å². The fourth-order valence-electron chi connectivity index (χ4n) is 3.93. The Kier molecular flexibility index (Phi) is 6.06. The van der Waals surface area contributed by atoms with Crippen LogP contribution < -0.4 is 5.32 Å². The highest BCUT2D eigenvalue weighted by Crippen LogP contribution is 2.38. The van der Waals surface area contributed by atoms with Gasteiger partial charge in [0.25, 0.3) is 0 Å². The number of fused-ring (bicyclic) bond motifs is 1. The summed E-state index contributed by atoms with van der Waals surface area (Å²) in [6.07, 6.45) is 3.41. The highest BCUT2D eigenvalue weighted by molar-refractivity contribution is 6.35. The lowest BCUT2D eigenvalue weighted by Gasteiger charge is -2.19. The number of benzene rings is 1. The van der Waals surface area contributed by atoms with E-state index in [0.29, 0.717) is 5.56 Å². The summed E-state index contributed by atoms with van der Waals surface area (Å²) in [5.41, 5.74) is 0.409. The van der Waals surface area contributed by atoms with Gasteiger partial charge < -0.3 is 5.32 Å². The molecule has 1 aromatic rings. The molecule has 1 heterocycles. The van der Waals surface area contributed by atoms with Crippen molar-refractivity contribution in [2.75, 3.05) is 6.54 Å². The molecule has 2 fully saturated rings. The molecule has 0 aromatic heterocycles. The molecule has 5 nitrogen and oxygen atoms in total. The Morgan fingerprint density at radius 2 is 1.78 bits per heavy atom. The molecule has 3 rings (SSSR count). The van der Waals surface area contributed by atoms with Gasteiger partial charge in [-0.3, -0.25) is 19.3 Å². The highest BCUT2D eigenvalue weighted by atomic mass is 35.5. The second-order valence-corrected chi connectivity index (χ2v) is 7.97. The first-order valence-electron chi connectivity index (χ1n) is 9.08. The van der Waals surface area contributed by atoms with Crippen LogP contribution in [0.3, 0.4) is 0 Å². The zero-order chi connectivity index (χ0) is 19.7. The number of imide groups is 1. The fourth-order valence-corrected chi connectivity index (χ4v) is 4.47. The molecule has 3 amide bonds. The standard InChI is InChI=1S/C19H21Cl2FN2O3/c1-10(13-8-16(22)15(21)9-14(13)20)23-17(25)6-7-24-18(26)11-4-2-3-5-12(11)19(24)27/h8-12H,2-7H2,1H3,(H,23,25)/t10-,11-,12+/m1/s1. The molecule has 0 spiro atoms. The van der Waals surface area contributed by atoms with E-state index in [2.05, 4.69) is 5.32 Å². The Balaban J connectivity index is 1.58. The van der Waals surface area contributed by atoms with E-state index in [1.54, 1.807) is 6.92 Å². The first kappa shape index (κ1) is 20.1. The van der Waals surface area contributed by atoms with Gasteiger partial charge in [-0.2, -0.15) is 0 Å². The van der Waals surface area contributed by atoms with Crippen LogP contribution in [-0.2, 0) is 14.4 Å². The highest BCUT2D eigenvalue weighted by Gasteiger charge is 2.47. The third-order valence-corrected chi connectivity index (χ3v) is 6.00. The SMILES string of the molecule is C[C@@H](NC(=O)CCN1C(=O)[C@H]2CCCC[C@H]2C1=O)c1cc(F)c(Cl)cc1Cl. The molecule has 1 saturated carbocycles. The number of hydrogen-bond donors (Lipinski definition) is 1. The number of hydrogen-bond acceptors (Lipinski definition) is 3. The molecule has 8 heteroatoms. The van der Waals surface area contributed by atoms with Gasteiger partial charge in [0.15, 0.2) is 0 Å². The monoisotopic (exact) mass is 414 g/mol. The summed E-state index contributed by atoms with van der Waals surface area (Å²) < 4.78 is 13.7. The van der Waals surface area contributed by atoms with Gasteiger partial charge in [-0.15, -0.1) is 0 Å². The van der Waals surface area contributed by atoms with Crippen LogP contribution >= 0.6 is 23.2 Å². The predicted octanol–water partition coefficient (Wildman–Crippen LogP) is 3.88. The molecule has 0 bridgehead atoms. The second-order valence-electron chi connectivity index (χ2n) is 7.15. The largest absolute Gasteiger partial charge is 0.349 e. The number of rotatable bonds is 5. The third kappa shape index (κ3) is 4.11. The molecular formula is C19H21Cl2FN2O3. The Morgan fingerprint density at radius 3 is 2.37 bits per heavy atom. The molecule has 1 aliphatic heterocycles. The average molecular weight is 415 g/mol. The van der Waals surface area contributed by atoms with Crippen molar-refractivity contribution in [3.8, 4) is 0 Å². The van der Waals surface area contributed by atoms with E-state index in [1.165, 1.54) is 17.0 Å². The average Bonchev–Trinajstić information content (AvgIpc) is 2.87. The topological polar surface area (TPSA) is 66.5 Å². The Bertz CT molecular complexity index is 762. The fraction of sp³-hybridized carbons (Fsp3) is 0.526. The van der Waals surface area contributed by atoms with Crippen molar-refractivity contribution < 1.29 is 18.8 Å². The molecule has 1 aliphatic carbocycles. The summed E-state index contributed by atoms with van der Waals surface area (Å²) in [5, 5.41) is 2.88. The lowest BCUT2D eigenvalue weighted by atomic mass is 9.81. The minimum Gasteiger partial charge on any atom is -0.349 e. The first-order chi connectivity index (χ1) is 12.8. The molecule has 0 unspecified atom stereocenters. The van der Waals surface area contributed by atoms with Crippen molar-refractivity contribution in [3.05, 3.63) is 33.6 Å². The number of nitrogens with one attached hydrogen (secondary N) is 1. The maximum atomic E-state index is 13.7. The molecular weight excluding hydrogens is 394 g/mol. The van der Waals surface area contributed by atoms with E-state index in [9.17, 15) is 18.8 Å². The summed E-state index contributed by atoms with van der Waals surface area (Å²) in [6.45, 7) is 1.74. The van der Waals surface area contributed by atoms with E-state index in [0.717, 1.165) is 25.7 Å². The van der Waals surface area contributed by atoms with Crippen LogP contribution in [0.2, 0.25) is 10.0 Å². The van der Waals surface area contributed by atoms with Crippen molar-refractivity contribution in [2.24, 2.45) is 11.8 Å². The summed E-state index contributed by atoms with van der Waals surface area (Å²) >= 11 is 11.8. The minimum absolute atomic E-state index is 0.00501. The second kappa shape index (κ2) is 8.15. The predicted molar refractivity (Wildman–Crippen MR) is 99.8 cm³/mol. The molecule has 1 aromatic carbocycles. The summed E-state index contributed by atoms with van der Waals surface area (Å²) in [4.78, 5) is 38.3. The van der Waals surface area contributed by atoms with Gasteiger partial charge in [-0.05, 0) is 37.5 Å².